The topological polar surface area (TPSA) is 37.0 Å². The molecule has 0 bridgehead atoms. The highest BCUT2D eigenvalue weighted by Crippen LogP contribution is 2.01. The Morgan fingerprint density at radius 3 is 1.75 bits per heavy atom. The van der Waals surface area contributed by atoms with Crippen molar-refractivity contribution in [2.75, 3.05) is 11.8 Å². The van der Waals surface area contributed by atoms with Crippen molar-refractivity contribution in [3.8, 4) is 0 Å². The quantitative estimate of drug-likeness (QED) is 0.562. The molecule has 1 radical (unpaired) electrons. The fourth-order valence-corrected chi connectivity index (χ4v) is 0.749. The van der Waals surface area contributed by atoms with Crippen molar-refractivity contribution < 1.29 is 9.90 Å². The normalized spacial score (nSPS) is 9.88. The number of rotatable bonds is 3. The minimum absolute atomic E-state index is 0.0197. The molecular formula is C4H5Cl2O2. The van der Waals surface area contributed by atoms with E-state index in [2.05, 4.69) is 0 Å². The Morgan fingerprint density at radius 2 is 1.75 bits per heavy atom. The van der Waals surface area contributed by atoms with Crippen LogP contribution in [0.4, 0.5) is 0 Å². The molecule has 0 saturated carbocycles. The van der Waals surface area contributed by atoms with Gasteiger partial charge in [0.05, 0.1) is 5.92 Å². The number of hydrogen-bond acceptors (Lipinski definition) is 1. The predicted octanol–water partition coefficient (Wildman–Crippen LogP) is 1.04. The zero-order chi connectivity index (χ0) is 6.57. The average molecular weight is 156 g/mol. The molecule has 4 heteroatoms. The Bertz CT molecular complexity index is 80.1. The van der Waals surface area contributed by atoms with Crippen molar-refractivity contribution in [1.82, 2.24) is 0 Å². The number of hydrogen-bond donors (Lipinski definition) is 0. The molecule has 0 aromatic carbocycles. The van der Waals surface area contributed by atoms with E-state index in [0.29, 0.717) is 0 Å². The highest BCUT2D eigenvalue weighted by atomic mass is 35.5. The standard InChI is InChI=1S/C4H5Cl2O2/c5-1-3(2-6)4(7)8/h3H,1-2H2. The molecule has 0 aliphatic carbocycles. The van der Waals surface area contributed by atoms with Crippen molar-refractivity contribution in [3.63, 3.8) is 0 Å². The van der Waals surface area contributed by atoms with E-state index >= 15 is 0 Å². The molecule has 0 aromatic rings. The van der Waals surface area contributed by atoms with E-state index in [1.165, 1.54) is 0 Å². The van der Waals surface area contributed by atoms with Gasteiger partial charge in [-0.1, -0.05) is 0 Å². The monoisotopic (exact) mass is 155 g/mol. The van der Waals surface area contributed by atoms with E-state index in [-0.39, 0.29) is 11.8 Å². The highest BCUT2D eigenvalue weighted by Gasteiger charge is 2.15. The van der Waals surface area contributed by atoms with Gasteiger partial charge in [0.2, 0.25) is 0 Å². The summed E-state index contributed by atoms with van der Waals surface area (Å²) in [6.07, 6.45) is 0. The van der Waals surface area contributed by atoms with E-state index in [0.717, 1.165) is 0 Å². The van der Waals surface area contributed by atoms with E-state index in [9.17, 15) is 9.90 Å². The second-order valence-corrected chi connectivity index (χ2v) is 1.94. The lowest BCUT2D eigenvalue weighted by molar-refractivity contribution is -0.146. The number of halogens is 2. The maximum absolute atomic E-state index is 9.88. The van der Waals surface area contributed by atoms with Crippen LogP contribution in [0.25, 0.3) is 0 Å². The zero-order valence-corrected chi connectivity index (χ0v) is 5.58. The third-order valence-corrected chi connectivity index (χ3v) is 1.45. The Morgan fingerprint density at radius 1 is 1.38 bits per heavy atom. The lowest BCUT2D eigenvalue weighted by atomic mass is 10.2. The lowest BCUT2D eigenvalue weighted by Crippen LogP contribution is -2.15. The van der Waals surface area contributed by atoms with Gasteiger partial charge in [0, 0.05) is 11.8 Å². The molecule has 2 nitrogen and oxygen atoms in total. The molecule has 8 heavy (non-hydrogen) atoms. The average Bonchev–Trinajstić information content (AvgIpc) is 1.69. The fourth-order valence-electron chi connectivity index (χ4n) is 0.167. The molecule has 47 valence electrons. The van der Waals surface area contributed by atoms with E-state index in [4.69, 9.17) is 23.2 Å². The minimum Gasteiger partial charge on any atom is -0.247 e. The molecule has 0 aliphatic rings. The van der Waals surface area contributed by atoms with Gasteiger partial charge in [-0.2, -0.15) is 0 Å². The minimum atomic E-state index is -1.19. The molecule has 0 N–H and O–H groups in total. The molecule has 0 aromatic heterocycles. The number of carbonyl (C=O) groups excluding carboxylic acids is 1. The molecule has 0 heterocycles. The summed E-state index contributed by atoms with van der Waals surface area (Å²) in [5.74, 6) is -1.86. The van der Waals surface area contributed by atoms with Gasteiger partial charge < -0.3 is 0 Å². The lowest BCUT2D eigenvalue weighted by Gasteiger charge is -1.97. The van der Waals surface area contributed by atoms with Crippen LogP contribution in [0.3, 0.4) is 0 Å². The van der Waals surface area contributed by atoms with E-state index < -0.39 is 11.9 Å². The molecule has 0 unspecified atom stereocenters. The molecule has 0 spiro atoms. The Labute approximate surface area is 57.4 Å². The van der Waals surface area contributed by atoms with Crippen molar-refractivity contribution >= 4 is 29.2 Å². The Balaban J connectivity index is 3.52. The first-order chi connectivity index (χ1) is 3.72. The number of alkyl halides is 2. The molecule has 0 amide bonds. The summed E-state index contributed by atoms with van der Waals surface area (Å²) in [4.78, 5) is 9.88. The van der Waals surface area contributed by atoms with Crippen molar-refractivity contribution in [1.29, 1.82) is 0 Å². The van der Waals surface area contributed by atoms with Crippen LogP contribution in [0.2, 0.25) is 0 Å². The summed E-state index contributed by atoms with van der Waals surface area (Å²) in [6.45, 7) is 0. The third kappa shape index (κ3) is 2.38. The third-order valence-electron chi connectivity index (χ3n) is 0.706. The molecule has 0 rings (SSSR count). The van der Waals surface area contributed by atoms with Gasteiger partial charge in [0.25, 0.3) is 0 Å². The van der Waals surface area contributed by atoms with Crippen molar-refractivity contribution in [3.05, 3.63) is 0 Å². The summed E-state index contributed by atoms with van der Waals surface area (Å²) < 4.78 is 0. The second kappa shape index (κ2) is 3.98. The molecule has 0 saturated heterocycles. The van der Waals surface area contributed by atoms with Crippen LogP contribution in [0.1, 0.15) is 0 Å². The Hall–Kier alpha value is 0.0500. The SMILES string of the molecule is [O]C(=O)C(CCl)CCl. The maximum Gasteiger partial charge on any atom is 0.361 e. The summed E-state index contributed by atoms with van der Waals surface area (Å²) in [6, 6.07) is 0. The molecule has 0 aliphatic heterocycles. The summed E-state index contributed by atoms with van der Waals surface area (Å²) in [5, 5.41) is 9.88. The van der Waals surface area contributed by atoms with Crippen LogP contribution >= 0.6 is 23.2 Å². The molecule has 0 atom stereocenters. The van der Waals surface area contributed by atoms with Gasteiger partial charge in [0.15, 0.2) is 0 Å². The summed E-state index contributed by atoms with van der Waals surface area (Å²) in [5.41, 5.74) is 0. The van der Waals surface area contributed by atoms with E-state index in [1.807, 2.05) is 0 Å². The van der Waals surface area contributed by atoms with Gasteiger partial charge >= 0.3 is 5.97 Å². The smallest absolute Gasteiger partial charge is 0.247 e. The first-order valence-electron chi connectivity index (χ1n) is 2.05. The van der Waals surface area contributed by atoms with Crippen LogP contribution in [0.5, 0.6) is 0 Å². The van der Waals surface area contributed by atoms with Crippen LogP contribution in [-0.2, 0) is 9.90 Å². The van der Waals surface area contributed by atoms with Crippen LogP contribution in [0, 0.1) is 5.92 Å². The maximum atomic E-state index is 9.88. The first kappa shape index (κ1) is 8.05. The predicted molar refractivity (Wildman–Crippen MR) is 30.6 cm³/mol. The largest absolute Gasteiger partial charge is 0.361 e. The van der Waals surface area contributed by atoms with Crippen LogP contribution in [-0.4, -0.2) is 17.7 Å². The second-order valence-electron chi connectivity index (χ2n) is 1.32. The fraction of sp³-hybridized carbons (Fsp3) is 0.750. The number of carbonyl (C=O) groups is 1. The zero-order valence-electron chi connectivity index (χ0n) is 4.06. The summed E-state index contributed by atoms with van der Waals surface area (Å²) >= 11 is 10.3. The Kier molecular flexibility index (Phi) is 4.01. The molecule has 0 fully saturated rings. The van der Waals surface area contributed by atoms with Gasteiger partial charge in [-0.15, -0.1) is 23.2 Å². The van der Waals surface area contributed by atoms with Gasteiger partial charge in [-0.25, -0.2) is 9.90 Å². The first-order valence-corrected chi connectivity index (χ1v) is 3.12. The highest BCUT2D eigenvalue weighted by molar-refractivity contribution is 6.22. The van der Waals surface area contributed by atoms with Gasteiger partial charge in [0.1, 0.15) is 0 Å². The van der Waals surface area contributed by atoms with Gasteiger partial charge in [-0.3, -0.25) is 0 Å². The van der Waals surface area contributed by atoms with Crippen LogP contribution < -0.4 is 0 Å². The van der Waals surface area contributed by atoms with Crippen LogP contribution in [0.15, 0.2) is 0 Å². The summed E-state index contributed by atoms with van der Waals surface area (Å²) in [7, 11) is 0. The van der Waals surface area contributed by atoms with Gasteiger partial charge in [-0.05, 0) is 0 Å². The van der Waals surface area contributed by atoms with Crippen molar-refractivity contribution in [2.24, 2.45) is 5.92 Å². The molecular weight excluding hydrogens is 151 g/mol. The van der Waals surface area contributed by atoms with E-state index in [1.54, 1.807) is 0 Å². The van der Waals surface area contributed by atoms with Crippen molar-refractivity contribution in [2.45, 2.75) is 0 Å².